The number of halogens is 1. The number of ether oxygens (including phenoxy) is 1. The Morgan fingerprint density at radius 2 is 2.20 bits per heavy atom. The molecule has 1 fully saturated rings. The molecule has 0 amide bonds. The van der Waals surface area contributed by atoms with Crippen molar-refractivity contribution in [2.45, 2.75) is 25.7 Å². The van der Waals surface area contributed by atoms with Gasteiger partial charge in [0.15, 0.2) is 0 Å². The molecule has 0 radical (unpaired) electrons. The lowest BCUT2D eigenvalue weighted by Gasteiger charge is -2.09. The number of alkyl halides is 1. The summed E-state index contributed by atoms with van der Waals surface area (Å²) in [6.45, 7) is 0.925. The van der Waals surface area contributed by atoms with Crippen LogP contribution < -0.4 is 0 Å². The molecule has 0 N–H and O–H groups in total. The van der Waals surface area contributed by atoms with E-state index in [9.17, 15) is 0 Å². The largest absolute Gasteiger partial charge is 0.385 e. The fraction of sp³-hybridized carbons (Fsp3) is 1.00. The Bertz CT molecular complexity index is 99.4. The predicted molar refractivity (Wildman–Crippen MR) is 46.6 cm³/mol. The van der Waals surface area contributed by atoms with E-state index in [0.717, 1.165) is 6.61 Å². The van der Waals surface area contributed by atoms with Crippen LogP contribution in [0.25, 0.3) is 0 Å². The Morgan fingerprint density at radius 1 is 1.50 bits per heavy atom. The van der Waals surface area contributed by atoms with E-state index < -0.39 is 0 Å². The van der Waals surface area contributed by atoms with Crippen molar-refractivity contribution in [1.29, 1.82) is 0 Å². The molecule has 0 atom stereocenters. The summed E-state index contributed by atoms with van der Waals surface area (Å²) in [5.41, 5.74) is 0.679. The number of hydrogen-bond donors (Lipinski definition) is 0. The molecular formula is C8H15BrO. The monoisotopic (exact) mass is 206 g/mol. The van der Waals surface area contributed by atoms with E-state index in [1.807, 2.05) is 0 Å². The molecule has 2 heteroatoms. The van der Waals surface area contributed by atoms with Gasteiger partial charge in [0.2, 0.25) is 0 Å². The lowest BCUT2D eigenvalue weighted by molar-refractivity contribution is 0.186. The van der Waals surface area contributed by atoms with Crippen molar-refractivity contribution in [3.8, 4) is 0 Å². The molecule has 10 heavy (non-hydrogen) atoms. The molecule has 1 nitrogen and oxygen atoms in total. The maximum absolute atomic E-state index is 4.99. The first-order chi connectivity index (χ1) is 4.83. The smallest absolute Gasteiger partial charge is 0.0462 e. The van der Waals surface area contributed by atoms with Crippen LogP contribution in [0.15, 0.2) is 0 Å². The van der Waals surface area contributed by atoms with Crippen molar-refractivity contribution in [2.24, 2.45) is 5.41 Å². The van der Waals surface area contributed by atoms with Gasteiger partial charge in [0.25, 0.3) is 0 Å². The minimum atomic E-state index is 0.679. The minimum absolute atomic E-state index is 0.679. The Labute approximate surface area is 71.3 Å². The molecule has 0 spiro atoms. The lowest BCUT2D eigenvalue weighted by atomic mass is 10.0. The molecular weight excluding hydrogens is 192 g/mol. The molecule has 0 heterocycles. The van der Waals surface area contributed by atoms with Crippen LogP contribution in [-0.4, -0.2) is 19.0 Å². The molecule has 0 saturated heterocycles. The predicted octanol–water partition coefficient (Wildman–Crippen LogP) is 2.59. The highest BCUT2D eigenvalue weighted by Gasteiger charge is 2.40. The summed E-state index contributed by atoms with van der Waals surface area (Å²) in [5.74, 6) is 0. The van der Waals surface area contributed by atoms with Crippen LogP contribution in [0.4, 0.5) is 0 Å². The van der Waals surface area contributed by atoms with Gasteiger partial charge in [-0.15, -0.1) is 0 Å². The average molecular weight is 207 g/mol. The number of methoxy groups -OCH3 is 1. The normalized spacial score (nSPS) is 21.0. The van der Waals surface area contributed by atoms with Crippen LogP contribution in [-0.2, 0) is 4.74 Å². The summed E-state index contributed by atoms with van der Waals surface area (Å²) in [4.78, 5) is 0. The molecule has 1 aliphatic carbocycles. The zero-order valence-electron chi connectivity index (χ0n) is 6.53. The van der Waals surface area contributed by atoms with E-state index in [-0.39, 0.29) is 0 Å². The maximum atomic E-state index is 4.99. The maximum Gasteiger partial charge on any atom is 0.0462 e. The molecule has 1 rings (SSSR count). The minimum Gasteiger partial charge on any atom is -0.385 e. The molecule has 0 aromatic heterocycles. The van der Waals surface area contributed by atoms with Crippen LogP contribution in [0.3, 0.4) is 0 Å². The highest BCUT2D eigenvalue weighted by Crippen LogP contribution is 2.50. The Hall–Kier alpha value is 0.440. The molecule has 0 aliphatic heterocycles. The SMILES string of the molecule is COCCCC1(CBr)CC1. The van der Waals surface area contributed by atoms with Gasteiger partial charge in [-0.3, -0.25) is 0 Å². The highest BCUT2D eigenvalue weighted by atomic mass is 79.9. The zero-order valence-corrected chi connectivity index (χ0v) is 8.11. The van der Waals surface area contributed by atoms with Crippen molar-refractivity contribution in [3.63, 3.8) is 0 Å². The summed E-state index contributed by atoms with van der Waals surface area (Å²) in [7, 11) is 1.77. The molecule has 0 bridgehead atoms. The summed E-state index contributed by atoms with van der Waals surface area (Å²) in [5, 5.41) is 1.18. The van der Waals surface area contributed by atoms with Gasteiger partial charge in [-0.2, -0.15) is 0 Å². The Kier molecular flexibility index (Phi) is 3.18. The van der Waals surface area contributed by atoms with Crippen LogP contribution in [0.2, 0.25) is 0 Å². The summed E-state index contributed by atoms with van der Waals surface area (Å²) >= 11 is 3.54. The second-order valence-corrected chi connectivity index (χ2v) is 3.79. The Balaban J connectivity index is 2.01. The average Bonchev–Trinajstić information content (AvgIpc) is 2.70. The van der Waals surface area contributed by atoms with Gasteiger partial charge in [0.05, 0.1) is 0 Å². The molecule has 1 aliphatic rings. The summed E-state index contributed by atoms with van der Waals surface area (Å²) in [6, 6.07) is 0. The van der Waals surface area contributed by atoms with Crippen LogP contribution in [0.5, 0.6) is 0 Å². The first-order valence-electron chi connectivity index (χ1n) is 3.88. The third-order valence-corrected chi connectivity index (χ3v) is 3.49. The van der Waals surface area contributed by atoms with Gasteiger partial charge < -0.3 is 4.74 Å². The van der Waals surface area contributed by atoms with E-state index in [4.69, 9.17) is 4.74 Å². The Morgan fingerprint density at radius 3 is 2.60 bits per heavy atom. The quantitative estimate of drug-likeness (QED) is 0.497. The van der Waals surface area contributed by atoms with Crippen LogP contribution >= 0.6 is 15.9 Å². The van der Waals surface area contributed by atoms with E-state index in [2.05, 4.69) is 15.9 Å². The van der Waals surface area contributed by atoms with Crippen molar-refractivity contribution < 1.29 is 4.74 Å². The number of rotatable bonds is 5. The van der Waals surface area contributed by atoms with Gasteiger partial charge >= 0.3 is 0 Å². The van der Waals surface area contributed by atoms with Gasteiger partial charge in [0, 0.05) is 19.0 Å². The standard InChI is InChI=1S/C8H15BrO/c1-10-6-2-3-8(7-9)4-5-8/h2-7H2,1H3. The van der Waals surface area contributed by atoms with E-state index in [1.165, 1.54) is 31.0 Å². The lowest BCUT2D eigenvalue weighted by Crippen LogP contribution is -2.03. The van der Waals surface area contributed by atoms with Crippen molar-refractivity contribution in [1.82, 2.24) is 0 Å². The molecule has 0 aromatic carbocycles. The topological polar surface area (TPSA) is 9.23 Å². The second-order valence-electron chi connectivity index (χ2n) is 3.23. The fourth-order valence-corrected chi connectivity index (χ4v) is 2.06. The second kappa shape index (κ2) is 3.72. The highest BCUT2D eigenvalue weighted by molar-refractivity contribution is 9.09. The zero-order chi connectivity index (χ0) is 7.45. The van der Waals surface area contributed by atoms with Crippen LogP contribution in [0.1, 0.15) is 25.7 Å². The van der Waals surface area contributed by atoms with Crippen molar-refractivity contribution in [3.05, 3.63) is 0 Å². The first kappa shape index (κ1) is 8.54. The van der Waals surface area contributed by atoms with Crippen molar-refractivity contribution >= 4 is 15.9 Å². The molecule has 1 saturated carbocycles. The van der Waals surface area contributed by atoms with Crippen LogP contribution in [0, 0.1) is 5.41 Å². The van der Waals surface area contributed by atoms with E-state index in [0.29, 0.717) is 5.41 Å². The third-order valence-electron chi connectivity index (χ3n) is 2.30. The first-order valence-corrected chi connectivity index (χ1v) is 5.00. The van der Waals surface area contributed by atoms with Gasteiger partial charge in [-0.1, -0.05) is 15.9 Å². The molecule has 0 unspecified atom stereocenters. The van der Waals surface area contributed by atoms with Gasteiger partial charge in [-0.05, 0) is 31.1 Å². The molecule has 0 aromatic rings. The number of hydrogen-bond acceptors (Lipinski definition) is 1. The summed E-state index contributed by atoms with van der Waals surface area (Å²) < 4.78 is 4.99. The van der Waals surface area contributed by atoms with Gasteiger partial charge in [-0.25, -0.2) is 0 Å². The third kappa shape index (κ3) is 2.24. The summed E-state index contributed by atoms with van der Waals surface area (Å²) in [6.07, 6.45) is 5.40. The van der Waals surface area contributed by atoms with E-state index >= 15 is 0 Å². The van der Waals surface area contributed by atoms with Gasteiger partial charge in [0.1, 0.15) is 0 Å². The van der Waals surface area contributed by atoms with Crippen molar-refractivity contribution in [2.75, 3.05) is 19.0 Å². The molecule has 60 valence electrons. The fourth-order valence-electron chi connectivity index (χ4n) is 1.22. The van der Waals surface area contributed by atoms with E-state index in [1.54, 1.807) is 7.11 Å².